The van der Waals surface area contributed by atoms with Gasteiger partial charge in [0.2, 0.25) is 0 Å². The van der Waals surface area contributed by atoms with E-state index in [0.717, 1.165) is 12.8 Å². The number of amides is 2. The highest BCUT2D eigenvalue weighted by atomic mass is 28.3. The van der Waals surface area contributed by atoms with Crippen molar-refractivity contribution in [3.63, 3.8) is 0 Å². The molecule has 0 bridgehead atoms. The number of carbonyl (C=O) groups is 2. The van der Waals surface area contributed by atoms with E-state index >= 15 is 0 Å². The Morgan fingerprint density at radius 2 is 1.29 bits per heavy atom. The zero-order valence-corrected chi connectivity index (χ0v) is 17.7. The number of hydrogen-bond acceptors (Lipinski definition) is 2. The summed E-state index contributed by atoms with van der Waals surface area (Å²) in [6.45, 7) is 6.84. The third-order valence-electron chi connectivity index (χ3n) is 5.08. The summed E-state index contributed by atoms with van der Waals surface area (Å²) in [6, 6.07) is 18.6. The number of hydrogen-bond donors (Lipinski definition) is 2. The lowest BCUT2D eigenvalue weighted by molar-refractivity contribution is 0.0921. The fourth-order valence-electron chi connectivity index (χ4n) is 3.63. The molecule has 0 aromatic heterocycles. The first-order valence-electron chi connectivity index (χ1n) is 9.78. The molecule has 0 radical (unpaired) electrons. The highest BCUT2D eigenvalue weighted by Crippen LogP contribution is 2.27. The van der Waals surface area contributed by atoms with Crippen LogP contribution in [-0.4, -0.2) is 32.0 Å². The van der Waals surface area contributed by atoms with Gasteiger partial charge in [-0.25, -0.2) is 0 Å². The topological polar surface area (TPSA) is 58.2 Å². The molecule has 0 saturated carbocycles. The maximum absolute atomic E-state index is 12.6. The molecule has 0 spiro atoms. The first-order valence-corrected chi connectivity index (χ1v) is 13.3. The standard InChI is InChI=1S/C23H28N2O2Si/c1-28(2,3)21-16-19(24-22(26)17-10-6-4-7-11-17)14-15-20(21)25-23(27)18-12-8-5-9-13-18/h4-13,16,19-20H,14-15H2,1-3H3,(H,24,26)(H,25,27)/t19-,20+/m0/s1. The molecule has 4 nitrogen and oxygen atoms in total. The zero-order chi connectivity index (χ0) is 20.1. The van der Waals surface area contributed by atoms with Gasteiger partial charge in [0.15, 0.2) is 0 Å². The van der Waals surface area contributed by atoms with Crippen molar-refractivity contribution >= 4 is 19.9 Å². The van der Waals surface area contributed by atoms with Crippen LogP contribution in [0.2, 0.25) is 19.6 Å². The first-order chi connectivity index (χ1) is 13.3. The number of rotatable bonds is 5. The minimum Gasteiger partial charge on any atom is -0.346 e. The van der Waals surface area contributed by atoms with Crippen LogP contribution in [0.1, 0.15) is 33.6 Å². The normalized spacial score (nSPS) is 19.5. The van der Waals surface area contributed by atoms with Crippen LogP contribution in [0.5, 0.6) is 0 Å². The van der Waals surface area contributed by atoms with E-state index in [2.05, 4.69) is 36.4 Å². The molecular formula is C23H28N2O2Si. The molecule has 28 heavy (non-hydrogen) atoms. The van der Waals surface area contributed by atoms with Gasteiger partial charge in [-0.05, 0) is 37.1 Å². The summed E-state index contributed by atoms with van der Waals surface area (Å²) in [5, 5.41) is 7.64. The van der Waals surface area contributed by atoms with Crippen LogP contribution in [-0.2, 0) is 0 Å². The van der Waals surface area contributed by atoms with Gasteiger partial charge in [-0.15, -0.1) is 0 Å². The van der Waals surface area contributed by atoms with Crippen molar-refractivity contribution in [2.75, 3.05) is 0 Å². The minimum absolute atomic E-state index is 0.000640. The van der Waals surface area contributed by atoms with Gasteiger partial charge in [-0.2, -0.15) is 0 Å². The minimum atomic E-state index is -1.66. The van der Waals surface area contributed by atoms with Crippen molar-refractivity contribution in [3.8, 4) is 0 Å². The van der Waals surface area contributed by atoms with Crippen molar-refractivity contribution in [3.05, 3.63) is 83.1 Å². The second kappa shape index (κ2) is 8.57. The van der Waals surface area contributed by atoms with Crippen LogP contribution < -0.4 is 10.6 Å². The maximum atomic E-state index is 12.6. The molecule has 0 unspecified atom stereocenters. The second-order valence-electron chi connectivity index (χ2n) is 8.29. The molecule has 2 aromatic carbocycles. The number of nitrogens with one attached hydrogen (secondary N) is 2. The molecule has 5 heteroatoms. The molecule has 3 rings (SSSR count). The Morgan fingerprint density at radius 1 is 0.786 bits per heavy atom. The van der Waals surface area contributed by atoms with Gasteiger partial charge in [0, 0.05) is 23.2 Å². The smallest absolute Gasteiger partial charge is 0.251 e. The van der Waals surface area contributed by atoms with Gasteiger partial charge < -0.3 is 10.6 Å². The van der Waals surface area contributed by atoms with Gasteiger partial charge >= 0.3 is 0 Å². The lowest BCUT2D eigenvalue weighted by Gasteiger charge is -2.36. The van der Waals surface area contributed by atoms with Crippen molar-refractivity contribution in [2.24, 2.45) is 0 Å². The predicted molar refractivity (Wildman–Crippen MR) is 116 cm³/mol. The zero-order valence-electron chi connectivity index (χ0n) is 16.7. The highest BCUT2D eigenvalue weighted by Gasteiger charge is 2.33. The number of benzene rings is 2. The summed E-state index contributed by atoms with van der Waals surface area (Å²) in [5.74, 6) is -0.0925. The largest absolute Gasteiger partial charge is 0.346 e. The van der Waals surface area contributed by atoms with Crippen molar-refractivity contribution < 1.29 is 9.59 Å². The second-order valence-corrected chi connectivity index (χ2v) is 13.4. The predicted octanol–water partition coefficient (Wildman–Crippen LogP) is 4.18. The molecule has 1 aliphatic rings. The summed E-state index contributed by atoms with van der Waals surface area (Å²) in [7, 11) is -1.66. The van der Waals surface area contributed by atoms with Crippen LogP contribution in [0.4, 0.5) is 0 Å². The molecular weight excluding hydrogens is 364 g/mol. The van der Waals surface area contributed by atoms with Crippen LogP contribution in [0.25, 0.3) is 0 Å². The van der Waals surface area contributed by atoms with E-state index in [0.29, 0.717) is 11.1 Å². The summed E-state index contributed by atoms with van der Waals surface area (Å²) >= 11 is 0. The average molecular weight is 393 g/mol. The van der Waals surface area contributed by atoms with E-state index in [-0.39, 0.29) is 23.9 Å². The summed E-state index contributed by atoms with van der Waals surface area (Å²) < 4.78 is 0. The van der Waals surface area contributed by atoms with Crippen molar-refractivity contribution in [2.45, 2.75) is 44.6 Å². The van der Waals surface area contributed by atoms with Crippen LogP contribution in [0.3, 0.4) is 0 Å². The van der Waals surface area contributed by atoms with E-state index in [4.69, 9.17) is 0 Å². The first kappa shape index (κ1) is 20.1. The molecule has 146 valence electrons. The molecule has 0 saturated heterocycles. The van der Waals surface area contributed by atoms with Gasteiger partial charge in [0.1, 0.15) is 0 Å². The Labute approximate surface area is 168 Å². The average Bonchev–Trinajstić information content (AvgIpc) is 2.69. The van der Waals surface area contributed by atoms with E-state index in [1.54, 1.807) is 0 Å². The molecule has 0 fully saturated rings. The Morgan fingerprint density at radius 3 is 1.79 bits per heavy atom. The fraction of sp³-hybridized carbons (Fsp3) is 0.304. The summed E-state index contributed by atoms with van der Waals surface area (Å²) in [4.78, 5) is 25.2. The molecule has 1 aliphatic carbocycles. The SMILES string of the molecule is C[Si](C)(C)C1=C[C@@H](NC(=O)c2ccccc2)CC[C@H]1NC(=O)c1ccccc1. The highest BCUT2D eigenvalue weighted by molar-refractivity contribution is 6.83. The van der Waals surface area contributed by atoms with Gasteiger partial charge in [-0.3, -0.25) is 9.59 Å². The molecule has 2 aromatic rings. The van der Waals surface area contributed by atoms with Crippen LogP contribution in [0.15, 0.2) is 71.9 Å². The summed E-state index contributed by atoms with van der Waals surface area (Å²) in [5.41, 5.74) is 1.35. The van der Waals surface area contributed by atoms with Gasteiger partial charge in [-0.1, -0.05) is 67.3 Å². The van der Waals surface area contributed by atoms with E-state index < -0.39 is 8.07 Å². The van der Waals surface area contributed by atoms with Gasteiger partial charge in [0.05, 0.1) is 8.07 Å². The lowest BCUT2D eigenvalue weighted by atomic mass is 9.97. The van der Waals surface area contributed by atoms with Crippen molar-refractivity contribution in [1.29, 1.82) is 0 Å². The monoisotopic (exact) mass is 392 g/mol. The molecule has 2 atom stereocenters. The van der Waals surface area contributed by atoms with E-state index in [9.17, 15) is 9.59 Å². The molecule has 2 N–H and O–H groups in total. The quantitative estimate of drug-likeness (QED) is 0.750. The third-order valence-corrected chi connectivity index (χ3v) is 7.33. The Bertz CT molecular complexity index is 857. The Kier molecular flexibility index (Phi) is 6.14. The maximum Gasteiger partial charge on any atom is 0.251 e. The molecule has 2 amide bonds. The van der Waals surface area contributed by atoms with Crippen LogP contribution >= 0.6 is 0 Å². The number of carbonyl (C=O) groups excluding carboxylic acids is 2. The van der Waals surface area contributed by atoms with Crippen LogP contribution in [0, 0.1) is 0 Å². The van der Waals surface area contributed by atoms with Gasteiger partial charge in [0.25, 0.3) is 11.8 Å². The Balaban J connectivity index is 1.74. The Hall–Kier alpha value is -2.66. The molecule has 0 heterocycles. The fourth-order valence-corrected chi connectivity index (χ4v) is 5.59. The van der Waals surface area contributed by atoms with Crippen molar-refractivity contribution in [1.82, 2.24) is 10.6 Å². The third kappa shape index (κ3) is 4.98. The molecule has 0 aliphatic heterocycles. The van der Waals surface area contributed by atoms with E-state index in [1.165, 1.54) is 5.20 Å². The van der Waals surface area contributed by atoms with E-state index in [1.807, 2.05) is 60.7 Å². The lowest BCUT2D eigenvalue weighted by Crippen LogP contribution is -2.48. The summed E-state index contributed by atoms with van der Waals surface area (Å²) in [6.07, 6.45) is 3.83.